The summed E-state index contributed by atoms with van der Waals surface area (Å²) in [5.74, 6) is 9.06. The van der Waals surface area contributed by atoms with E-state index in [0.717, 1.165) is 200 Å². The van der Waals surface area contributed by atoms with Gasteiger partial charge in [-0.05, 0) is 76.4 Å². The Morgan fingerprint density at radius 2 is 0.823 bits per heavy atom. The van der Waals surface area contributed by atoms with Crippen LogP contribution < -0.4 is 0 Å². The average Bonchev–Trinajstić information content (AvgIpc) is 3.37. The molecule has 0 aromatic heterocycles. The van der Waals surface area contributed by atoms with Gasteiger partial charge in [-0.15, -0.1) is 23.5 Å². The summed E-state index contributed by atoms with van der Waals surface area (Å²) in [6, 6.07) is 0. The highest BCUT2D eigenvalue weighted by atomic mass is 32.2. The predicted octanol–water partition coefficient (Wildman–Crippen LogP) is 6.17. The van der Waals surface area contributed by atoms with Gasteiger partial charge in [0.05, 0.1) is 24.7 Å². The quantitative estimate of drug-likeness (QED) is 0.251. The number of nitrogens with zero attached hydrogens (tertiary/aromatic N) is 6. The standard InChI is InChI=1S/C44H72N6O5S7/c51-62(49-21-35-60-41(37-9-1-5-23-52-37,38-10-2-6-24-53-38)43(49,45-13-27-56-28-14-45)46-15-29-57-30-16-46)50-22-36-61-42(39-11-3-7-25-54-39,40-12-4-8-26-55-40)44(50,47-17-31-58-32-18-47)48-19-33-59-34-20-48/h5,7,23,25,37-40H,1-4,6,8-22,24,26-36H2. The summed E-state index contributed by atoms with van der Waals surface area (Å²) < 4.78 is 50.5. The Kier molecular flexibility index (Phi) is 16.1. The normalized spacial score (nSPS) is 39.4. The number of thioether (sulfide) groups is 6. The van der Waals surface area contributed by atoms with Gasteiger partial charge in [0.2, 0.25) is 0 Å². The zero-order valence-corrected chi connectivity index (χ0v) is 42.5. The van der Waals surface area contributed by atoms with Crippen LogP contribution in [0.15, 0.2) is 24.7 Å². The Bertz CT molecular complexity index is 1410. The van der Waals surface area contributed by atoms with E-state index in [1.807, 2.05) is 12.5 Å². The maximum Gasteiger partial charge on any atom is 0.178 e. The molecule has 18 heteroatoms. The van der Waals surface area contributed by atoms with Crippen LogP contribution in [0.3, 0.4) is 0 Å². The molecule has 62 heavy (non-hydrogen) atoms. The van der Waals surface area contributed by atoms with E-state index >= 15 is 4.21 Å². The molecule has 0 amide bonds. The van der Waals surface area contributed by atoms with Crippen molar-refractivity contribution in [2.45, 2.75) is 110 Å². The summed E-state index contributed by atoms with van der Waals surface area (Å²) in [4.78, 5) is 11.4. The van der Waals surface area contributed by atoms with E-state index < -0.39 is 32.2 Å². The van der Waals surface area contributed by atoms with E-state index in [9.17, 15) is 0 Å². The molecule has 6 atom stereocenters. The molecule has 0 bridgehead atoms. The van der Waals surface area contributed by atoms with E-state index in [1.54, 1.807) is 0 Å². The van der Waals surface area contributed by atoms with Crippen molar-refractivity contribution in [1.29, 1.82) is 0 Å². The Morgan fingerprint density at radius 1 is 0.452 bits per heavy atom. The van der Waals surface area contributed by atoms with Crippen LogP contribution in [0.25, 0.3) is 0 Å². The highest BCUT2D eigenvalue weighted by Gasteiger charge is 2.76. The summed E-state index contributed by atoms with van der Waals surface area (Å²) in [7, 11) is 0. The lowest BCUT2D eigenvalue weighted by Crippen LogP contribution is -2.90. The molecule has 10 rings (SSSR count). The van der Waals surface area contributed by atoms with Crippen molar-refractivity contribution in [3.8, 4) is 0 Å². The van der Waals surface area contributed by atoms with E-state index in [2.05, 4.69) is 111 Å². The van der Waals surface area contributed by atoms with Crippen molar-refractivity contribution in [1.82, 2.24) is 28.2 Å². The van der Waals surface area contributed by atoms with Gasteiger partial charge in [-0.3, -0.25) is 19.6 Å². The van der Waals surface area contributed by atoms with Crippen LogP contribution in [-0.2, 0) is 30.1 Å². The van der Waals surface area contributed by atoms with Crippen molar-refractivity contribution >= 4 is 81.7 Å². The van der Waals surface area contributed by atoms with Crippen molar-refractivity contribution < 1.29 is 23.2 Å². The molecular weight excluding hydrogens is 917 g/mol. The first-order valence-corrected chi connectivity index (χ1v) is 31.7. The maximum atomic E-state index is 17.7. The lowest BCUT2D eigenvalue weighted by Gasteiger charge is -2.72. The molecule has 8 saturated heterocycles. The lowest BCUT2D eigenvalue weighted by atomic mass is 9.78. The van der Waals surface area contributed by atoms with E-state index in [0.29, 0.717) is 0 Å². The van der Waals surface area contributed by atoms with Crippen LogP contribution in [0.5, 0.6) is 0 Å². The van der Waals surface area contributed by atoms with E-state index in [1.165, 1.54) is 0 Å². The molecule has 350 valence electrons. The fourth-order valence-electron chi connectivity index (χ4n) is 13.0. The van der Waals surface area contributed by atoms with Gasteiger partial charge in [-0.2, -0.15) is 55.7 Å². The van der Waals surface area contributed by atoms with Gasteiger partial charge in [0.15, 0.2) is 22.7 Å². The first-order valence-electron chi connectivity index (χ1n) is 24.1. The van der Waals surface area contributed by atoms with E-state index in [4.69, 9.17) is 18.9 Å². The number of ether oxygens (including phenoxy) is 4. The molecule has 10 heterocycles. The van der Waals surface area contributed by atoms with Crippen LogP contribution in [-0.4, -0.2) is 214 Å². The third kappa shape index (κ3) is 8.07. The minimum absolute atomic E-state index is 0.0150. The molecule has 0 aromatic rings. The first kappa shape index (κ1) is 46.7. The second-order valence-corrected chi connectivity index (χ2v) is 27.2. The van der Waals surface area contributed by atoms with Crippen molar-refractivity contribution in [3.05, 3.63) is 24.7 Å². The Balaban J connectivity index is 1.21. The van der Waals surface area contributed by atoms with Gasteiger partial charge in [0.25, 0.3) is 0 Å². The highest BCUT2D eigenvalue weighted by Crippen LogP contribution is 2.61. The van der Waals surface area contributed by atoms with Gasteiger partial charge >= 0.3 is 0 Å². The molecule has 0 aromatic carbocycles. The van der Waals surface area contributed by atoms with Gasteiger partial charge in [-0.1, -0.05) is 0 Å². The largest absolute Gasteiger partial charge is 0.497 e. The topological polar surface area (TPSA) is 73.4 Å². The van der Waals surface area contributed by atoms with Crippen LogP contribution in [0, 0.1) is 0 Å². The highest BCUT2D eigenvalue weighted by molar-refractivity contribution is 8.01. The second kappa shape index (κ2) is 21.3. The fraction of sp³-hybridized carbons (Fsp3) is 0.909. The first-order chi connectivity index (χ1) is 30.7. The molecule has 0 N–H and O–H groups in total. The second-order valence-electron chi connectivity index (χ2n) is 18.2. The molecule has 6 unspecified atom stereocenters. The van der Waals surface area contributed by atoms with Gasteiger partial charge in [0, 0.05) is 136 Å². The van der Waals surface area contributed by atoms with Crippen molar-refractivity contribution in [2.24, 2.45) is 0 Å². The number of rotatable bonds is 10. The van der Waals surface area contributed by atoms with Gasteiger partial charge in [-0.25, -0.2) is 4.21 Å². The van der Waals surface area contributed by atoms with Crippen LogP contribution in [0.4, 0.5) is 0 Å². The Labute approximate surface area is 400 Å². The molecule has 11 nitrogen and oxygen atoms in total. The summed E-state index contributed by atoms with van der Waals surface area (Å²) in [5, 5.41) is 0. The number of hydrogen-bond acceptors (Lipinski definition) is 15. The molecule has 10 aliphatic rings. The molecule has 0 spiro atoms. The van der Waals surface area contributed by atoms with E-state index in [-0.39, 0.29) is 24.4 Å². The molecule has 0 aliphatic carbocycles. The molecule has 0 saturated carbocycles. The lowest BCUT2D eigenvalue weighted by molar-refractivity contribution is -0.225. The Hall–Kier alpha value is 1.01. The third-order valence-electron chi connectivity index (χ3n) is 15.3. The molecule has 10 aliphatic heterocycles. The number of hydrogen-bond donors (Lipinski definition) is 0. The van der Waals surface area contributed by atoms with Gasteiger partial charge in [0.1, 0.15) is 21.7 Å². The summed E-state index contributed by atoms with van der Waals surface area (Å²) >= 11 is 11.0. The summed E-state index contributed by atoms with van der Waals surface area (Å²) in [6.07, 6.45) is 18.7. The average molecular weight is 990 g/mol. The minimum Gasteiger partial charge on any atom is -0.497 e. The smallest absolute Gasteiger partial charge is 0.178 e. The molecule has 8 fully saturated rings. The van der Waals surface area contributed by atoms with Crippen LogP contribution in [0.1, 0.15) is 64.2 Å². The Morgan fingerprint density at radius 3 is 1.13 bits per heavy atom. The fourth-order valence-corrected chi connectivity index (χ4v) is 22.7. The van der Waals surface area contributed by atoms with Crippen LogP contribution >= 0.6 is 70.6 Å². The monoisotopic (exact) mass is 988 g/mol. The number of allylic oxidation sites excluding steroid dienone is 2. The SMILES string of the molecule is O=S(N1CCSC(C2CCC=CO2)(C2CCCCO2)C1(N1CCSCC1)N1CCSCC1)N1CCSC(C2CCC=CO2)(C2CCCCO2)C1(N1CCSCC1)N1CCSCC1. The van der Waals surface area contributed by atoms with Crippen LogP contribution in [0.2, 0.25) is 0 Å². The minimum atomic E-state index is -1.56. The summed E-state index contributed by atoms with van der Waals surface area (Å²) in [5.41, 5.74) is 0. The zero-order chi connectivity index (χ0) is 41.9. The summed E-state index contributed by atoms with van der Waals surface area (Å²) in [6.45, 7) is 10.8. The molecule has 0 radical (unpaired) electrons. The zero-order valence-electron chi connectivity index (χ0n) is 36.8. The van der Waals surface area contributed by atoms with Crippen molar-refractivity contribution in [2.75, 3.05) is 136 Å². The van der Waals surface area contributed by atoms with Crippen molar-refractivity contribution in [3.63, 3.8) is 0 Å². The maximum absolute atomic E-state index is 17.7. The third-order valence-corrected chi connectivity index (χ3v) is 24.1. The predicted molar refractivity (Wildman–Crippen MR) is 267 cm³/mol. The van der Waals surface area contributed by atoms with Gasteiger partial charge < -0.3 is 18.9 Å². The molecular formula is C44H72N6O5S7.